The first-order valence-corrected chi connectivity index (χ1v) is 13.2. The SMILES string of the molecule is CC1=C(c2ccc(O)cc2)[C@H](c2ccc(OCC[NH+]3CCC(C)C3)cc2)Oc2cc(O)ccc21.CCl. The highest BCUT2D eigenvalue weighted by molar-refractivity contribution is 6.15. The van der Waals surface area contributed by atoms with Crippen molar-refractivity contribution in [3.8, 4) is 23.0 Å². The quantitative estimate of drug-likeness (QED) is 0.394. The number of quaternary nitrogens is 1. The normalized spacial score (nSPS) is 20.7. The van der Waals surface area contributed by atoms with Crippen molar-refractivity contribution in [2.45, 2.75) is 26.4 Å². The molecule has 2 aliphatic rings. The summed E-state index contributed by atoms with van der Waals surface area (Å²) in [7, 11) is 0. The zero-order valence-electron chi connectivity index (χ0n) is 21.1. The Hall–Kier alpha value is -3.15. The lowest BCUT2D eigenvalue weighted by Gasteiger charge is -2.31. The number of aromatic hydroxyl groups is 2. The molecule has 3 aromatic rings. The molecular weight excluding hydrogens is 474 g/mol. The highest BCUT2D eigenvalue weighted by atomic mass is 35.5. The van der Waals surface area contributed by atoms with Crippen LogP contribution in [0.25, 0.3) is 11.1 Å². The molecule has 2 aliphatic heterocycles. The van der Waals surface area contributed by atoms with Gasteiger partial charge in [-0.1, -0.05) is 31.2 Å². The Morgan fingerprint density at radius 1 is 0.972 bits per heavy atom. The van der Waals surface area contributed by atoms with Crippen LogP contribution in [0.5, 0.6) is 23.0 Å². The van der Waals surface area contributed by atoms with Crippen LogP contribution in [-0.2, 0) is 0 Å². The largest absolute Gasteiger partial charge is 0.508 e. The van der Waals surface area contributed by atoms with E-state index in [1.54, 1.807) is 29.2 Å². The fourth-order valence-corrected chi connectivity index (χ4v) is 5.12. The van der Waals surface area contributed by atoms with Gasteiger partial charge in [0.2, 0.25) is 0 Å². The zero-order chi connectivity index (χ0) is 25.7. The lowest BCUT2D eigenvalue weighted by atomic mass is 9.86. The number of halogens is 1. The van der Waals surface area contributed by atoms with E-state index in [1.165, 1.54) is 25.9 Å². The molecule has 2 heterocycles. The van der Waals surface area contributed by atoms with Gasteiger partial charge in [-0.05, 0) is 60.0 Å². The molecule has 190 valence electrons. The Morgan fingerprint density at radius 3 is 2.33 bits per heavy atom. The Bertz CT molecular complexity index is 1190. The van der Waals surface area contributed by atoms with Gasteiger partial charge in [-0.15, -0.1) is 11.6 Å². The topological polar surface area (TPSA) is 63.4 Å². The lowest BCUT2D eigenvalue weighted by molar-refractivity contribution is -0.888. The molecule has 5 rings (SSSR count). The van der Waals surface area contributed by atoms with Crippen molar-refractivity contribution < 1.29 is 24.6 Å². The first-order valence-electron chi connectivity index (χ1n) is 12.4. The predicted molar refractivity (Wildman–Crippen MR) is 145 cm³/mol. The molecule has 0 aromatic heterocycles. The number of ether oxygens (including phenoxy) is 2. The number of hydrogen-bond acceptors (Lipinski definition) is 4. The van der Waals surface area contributed by atoms with Crippen molar-refractivity contribution in [1.29, 1.82) is 0 Å². The number of likely N-dealkylation sites (tertiary alicyclic amines) is 1. The predicted octanol–water partition coefficient (Wildman–Crippen LogP) is 5.32. The van der Waals surface area contributed by atoms with Crippen LogP contribution in [0.4, 0.5) is 0 Å². The molecule has 0 radical (unpaired) electrons. The number of benzene rings is 3. The minimum Gasteiger partial charge on any atom is -0.508 e. The summed E-state index contributed by atoms with van der Waals surface area (Å²) >= 11 is 4.64. The second kappa shape index (κ2) is 11.7. The Balaban J connectivity index is 0.00000148. The molecule has 6 heteroatoms. The molecular formula is C30H35ClNO4+. The van der Waals surface area contributed by atoms with Crippen LogP contribution in [-0.4, -0.2) is 42.8 Å². The third-order valence-corrected chi connectivity index (χ3v) is 6.99. The minimum absolute atomic E-state index is 0.177. The van der Waals surface area contributed by atoms with Gasteiger partial charge in [-0.2, -0.15) is 0 Å². The van der Waals surface area contributed by atoms with Crippen LogP contribution in [0, 0.1) is 5.92 Å². The molecule has 3 aromatic carbocycles. The average molecular weight is 509 g/mol. The van der Waals surface area contributed by atoms with Crippen LogP contribution in [0.2, 0.25) is 0 Å². The molecule has 0 spiro atoms. The van der Waals surface area contributed by atoms with E-state index in [-0.39, 0.29) is 17.6 Å². The summed E-state index contributed by atoms with van der Waals surface area (Å²) in [6, 6.07) is 20.5. The molecule has 0 amide bonds. The number of alkyl halides is 1. The van der Waals surface area contributed by atoms with Crippen molar-refractivity contribution >= 4 is 22.7 Å². The number of phenols is 2. The summed E-state index contributed by atoms with van der Waals surface area (Å²) in [5, 5.41) is 19.8. The number of phenolic OH excluding ortho intramolecular Hbond substituents is 2. The van der Waals surface area contributed by atoms with Crippen LogP contribution in [0.1, 0.15) is 43.1 Å². The van der Waals surface area contributed by atoms with E-state index in [0.29, 0.717) is 12.4 Å². The molecule has 0 saturated carbocycles. The molecule has 36 heavy (non-hydrogen) atoms. The van der Waals surface area contributed by atoms with E-state index in [0.717, 1.165) is 46.0 Å². The van der Waals surface area contributed by atoms with E-state index in [1.807, 2.05) is 42.5 Å². The van der Waals surface area contributed by atoms with Gasteiger partial charge in [0, 0.05) is 35.9 Å². The fraction of sp³-hybridized carbons (Fsp3) is 0.333. The zero-order valence-corrected chi connectivity index (χ0v) is 21.9. The van der Waals surface area contributed by atoms with Gasteiger partial charge in [0.05, 0.1) is 13.1 Å². The molecule has 1 fully saturated rings. The van der Waals surface area contributed by atoms with Crippen LogP contribution in [0.15, 0.2) is 66.7 Å². The van der Waals surface area contributed by atoms with Gasteiger partial charge in [0.15, 0.2) is 0 Å². The number of fused-ring (bicyclic) bond motifs is 1. The first kappa shape index (κ1) is 25.9. The maximum atomic E-state index is 10.0. The lowest BCUT2D eigenvalue weighted by Crippen LogP contribution is -3.10. The van der Waals surface area contributed by atoms with Gasteiger partial charge >= 0.3 is 0 Å². The molecule has 0 bridgehead atoms. The standard InChI is InChI=1S/C29H31NO4.CH3Cl/c1-19-13-14-30(18-19)15-16-33-25-10-5-22(6-11-25)29-28(21-3-7-23(31)8-4-21)20(2)26-12-9-24(32)17-27(26)34-29;1-2/h3-12,17,19,29,31-32H,13-16,18H2,1-2H3;1H3/p+1/t19?,29-;/m0./s1. The fourth-order valence-electron chi connectivity index (χ4n) is 5.12. The minimum atomic E-state index is -0.344. The molecule has 5 nitrogen and oxygen atoms in total. The van der Waals surface area contributed by atoms with Crippen molar-refractivity contribution in [2.75, 3.05) is 32.6 Å². The van der Waals surface area contributed by atoms with Gasteiger partial charge in [0.25, 0.3) is 0 Å². The highest BCUT2D eigenvalue weighted by Crippen LogP contribution is 2.47. The Morgan fingerprint density at radius 2 is 1.67 bits per heavy atom. The average Bonchev–Trinajstić information content (AvgIpc) is 3.31. The van der Waals surface area contributed by atoms with E-state index in [2.05, 4.69) is 25.4 Å². The number of allylic oxidation sites excluding steroid dienone is 1. The van der Waals surface area contributed by atoms with E-state index in [4.69, 9.17) is 9.47 Å². The summed E-state index contributed by atoms with van der Waals surface area (Å²) in [5.41, 5.74) is 5.07. The van der Waals surface area contributed by atoms with Crippen molar-refractivity contribution in [3.05, 3.63) is 83.4 Å². The van der Waals surface area contributed by atoms with Gasteiger partial charge in [-0.25, -0.2) is 0 Å². The third kappa shape index (κ3) is 5.80. The number of hydrogen-bond donors (Lipinski definition) is 3. The van der Waals surface area contributed by atoms with Crippen molar-refractivity contribution in [1.82, 2.24) is 0 Å². The maximum Gasteiger partial charge on any atom is 0.150 e. The van der Waals surface area contributed by atoms with Gasteiger partial charge in [-0.3, -0.25) is 0 Å². The molecule has 0 aliphatic carbocycles. The molecule has 2 unspecified atom stereocenters. The van der Waals surface area contributed by atoms with Crippen molar-refractivity contribution in [2.24, 2.45) is 5.92 Å². The monoisotopic (exact) mass is 508 g/mol. The second-order valence-corrected chi connectivity index (χ2v) is 9.53. The summed E-state index contributed by atoms with van der Waals surface area (Å²) in [4.78, 5) is 1.63. The van der Waals surface area contributed by atoms with Crippen LogP contribution in [0.3, 0.4) is 0 Å². The second-order valence-electron chi connectivity index (χ2n) is 9.53. The first-order chi connectivity index (χ1) is 17.5. The summed E-state index contributed by atoms with van der Waals surface area (Å²) in [6.07, 6.45) is 2.44. The van der Waals surface area contributed by atoms with Gasteiger partial charge < -0.3 is 24.6 Å². The van der Waals surface area contributed by atoms with E-state index >= 15 is 0 Å². The Labute approximate surface area is 218 Å². The van der Waals surface area contributed by atoms with Gasteiger partial charge in [0.1, 0.15) is 42.3 Å². The summed E-state index contributed by atoms with van der Waals surface area (Å²) in [5.74, 6) is 2.74. The maximum absolute atomic E-state index is 10.0. The van der Waals surface area contributed by atoms with Crippen LogP contribution >= 0.6 is 11.6 Å². The van der Waals surface area contributed by atoms with E-state index < -0.39 is 0 Å². The van der Waals surface area contributed by atoms with Crippen LogP contribution < -0.4 is 14.4 Å². The molecule has 1 saturated heterocycles. The summed E-state index contributed by atoms with van der Waals surface area (Å²) < 4.78 is 12.5. The molecule has 3 N–H and O–H groups in total. The number of nitrogens with one attached hydrogen (secondary N) is 1. The highest BCUT2D eigenvalue weighted by Gasteiger charge is 2.29. The Kier molecular flexibility index (Phi) is 8.44. The summed E-state index contributed by atoms with van der Waals surface area (Å²) in [6.45, 7) is 8.63. The van der Waals surface area contributed by atoms with E-state index in [9.17, 15) is 10.2 Å². The number of rotatable bonds is 6. The van der Waals surface area contributed by atoms with Crippen molar-refractivity contribution in [3.63, 3.8) is 0 Å². The third-order valence-electron chi connectivity index (χ3n) is 6.99. The molecule has 3 atom stereocenters. The smallest absolute Gasteiger partial charge is 0.150 e.